The number of benzene rings is 2. The average Bonchev–Trinajstić information content (AvgIpc) is 3.19. The van der Waals surface area contributed by atoms with Crippen molar-refractivity contribution in [3.05, 3.63) is 78.3 Å². The van der Waals surface area contributed by atoms with Crippen LogP contribution in [0.4, 0.5) is 5.69 Å². The molecule has 0 aliphatic rings. The molecule has 0 aliphatic heterocycles. The quantitative estimate of drug-likeness (QED) is 0.510. The summed E-state index contributed by atoms with van der Waals surface area (Å²) in [5.41, 5.74) is 2.13. The maximum atomic E-state index is 12.5. The highest BCUT2D eigenvalue weighted by molar-refractivity contribution is 6.05. The third-order valence-corrected chi connectivity index (χ3v) is 4.15. The SMILES string of the molecule is CC(=O)c1ccccc1NC(=O)C(C)OC(=O)c1occc1-c1ccccc1. The molecule has 0 aliphatic carbocycles. The van der Waals surface area contributed by atoms with E-state index in [1.54, 1.807) is 30.3 Å². The van der Waals surface area contributed by atoms with E-state index < -0.39 is 18.0 Å². The van der Waals surface area contributed by atoms with Gasteiger partial charge in [-0.1, -0.05) is 42.5 Å². The normalized spacial score (nSPS) is 11.5. The van der Waals surface area contributed by atoms with Gasteiger partial charge in [0.2, 0.25) is 5.76 Å². The van der Waals surface area contributed by atoms with E-state index in [1.165, 1.54) is 20.1 Å². The molecule has 2 aromatic carbocycles. The molecule has 1 amide bonds. The minimum absolute atomic E-state index is 0.0231. The molecule has 28 heavy (non-hydrogen) atoms. The molecular formula is C22H19NO5. The second-order valence-electron chi connectivity index (χ2n) is 6.17. The maximum absolute atomic E-state index is 12.5. The minimum atomic E-state index is -1.08. The van der Waals surface area contributed by atoms with Crippen LogP contribution in [-0.4, -0.2) is 23.8 Å². The van der Waals surface area contributed by atoms with Gasteiger partial charge in [-0.3, -0.25) is 9.59 Å². The van der Waals surface area contributed by atoms with Crippen molar-refractivity contribution in [2.75, 3.05) is 5.32 Å². The second-order valence-corrected chi connectivity index (χ2v) is 6.17. The zero-order valence-corrected chi connectivity index (χ0v) is 15.5. The van der Waals surface area contributed by atoms with Gasteiger partial charge in [-0.05, 0) is 37.6 Å². The first-order chi connectivity index (χ1) is 13.5. The first kappa shape index (κ1) is 19.1. The molecule has 3 aromatic rings. The van der Waals surface area contributed by atoms with Crippen molar-refractivity contribution in [3.8, 4) is 11.1 Å². The minimum Gasteiger partial charge on any atom is -0.457 e. The molecule has 6 heteroatoms. The van der Waals surface area contributed by atoms with Crippen molar-refractivity contribution >= 4 is 23.3 Å². The number of ketones is 1. The maximum Gasteiger partial charge on any atom is 0.375 e. The van der Waals surface area contributed by atoms with Crippen LogP contribution >= 0.6 is 0 Å². The summed E-state index contributed by atoms with van der Waals surface area (Å²) in [7, 11) is 0. The molecule has 1 atom stereocenters. The number of furan rings is 1. The lowest BCUT2D eigenvalue weighted by atomic mass is 10.1. The lowest BCUT2D eigenvalue weighted by Gasteiger charge is -2.14. The number of hydrogen-bond acceptors (Lipinski definition) is 5. The highest BCUT2D eigenvalue weighted by Gasteiger charge is 2.24. The summed E-state index contributed by atoms with van der Waals surface area (Å²) in [4.78, 5) is 36.6. The molecule has 0 saturated heterocycles. The molecule has 0 radical (unpaired) electrons. The number of Topliss-reactive ketones (excluding diaryl/α,β-unsaturated/α-hetero) is 1. The Labute approximate surface area is 162 Å². The van der Waals surface area contributed by atoms with Gasteiger partial charge >= 0.3 is 5.97 Å². The molecule has 1 aromatic heterocycles. The Kier molecular flexibility index (Phi) is 5.69. The Balaban J connectivity index is 1.71. The monoisotopic (exact) mass is 377 g/mol. The lowest BCUT2D eigenvalue weighted by Crippen LogP contribution is -2.30. The smallest absolute Gasteiger partial charge is 0.375 e. The fourth-order valence-corrected chi connectivity index (χ4v) is 2.71. The molecule has 0 spiro atoms. The zero-order chi connectivity index (χ0) is 20.1. The van der Waals surface area contributed by atoms with Crippen LogP contribution < -0.4 is 5.32 Å². The fourth-order valence-electron chi connectivity index (χ4n) is 2.71. The van der Waals surface area contributed by atoms with Gasteiger partial charge in [0.15, 0.2) is 11.9 Å². The third-order valence-electron chi connectivity index (χ3n) is 4.15. The summed E-state index contributed by atoms with van der Waals surface area (Å²) in [6.45, 7) is 2.87. The van der Waals surface area contributed by atoms with E-state index in [1.807, 2.05) is 30.3 Å². The van der Waals surface area contributed by atoms with E-state index in [4.69, 9.17) is 9.15 Å². The number of esters is 1. The van der Waals surface area contributed by atoms with E-state index in [9.17, 15) is 14.4 Å². The highest BCUT2D eigenvalue weighted by atomic mass is 16.6. The number of amides is 1. The van der Waals surface area contributed by atoms with Crippen LogP contribution in [0.5, 0.6) is 0 Å². The van der Waals surface area contributed by atoms with Crippen molar-refractivity contribution < 1.29 is 23.5 Å². The Morgan fingerprint density at radius 1 is 0.964 bits per heavy atom. The van der Waals surface area contributed by atoms with E-state index in [-0.39, 0.29) is 11.5 Å². The first-order valence-corrected chi connectivity index (χ1v) is 8.72. The summed E-state index contributed by atoms with van der Waals surface area (Å²) in [6, 6.07) is 17.6. The number of nitrogens with one attached hydrogen (secondary N) is 1. The second kappa shape index (κ2) is 8.35. The van der Waals surface area contributed by atoms with Crippen molar-refractivity contribution in [1.82, 2.24) is 0 Å². The number of carbonyl (C=O) groups is 3. The summed E-state index contributed by atoms with van der Waals surface area (Å²) in [5.74, 6) is -1.44. The number of ether oxygens (including phenoxy) is 1. The van der Waals surface area contributed by atoms with Gasteiger partial charge in [0.1, 0.15) is 0 Å². The molecule has 1 heterocycles. The summed E-state index contributed by atoms with van der Waals surface area (Å²) < 4.78 is 10.5. The van der Waals surface area contributed by atoms with Gasteiger partial charge < -0.3 is 14.5 Å². The van der Waals surface area contributed by atoms with Crippen molar-refractivity contribution in [3.63, 3.8) is 0 Å². The van der Waals surface area contributed by atoms with Gasteiger partial charge in [0.25, 0.3) is 5.91 Å². The van der Waals surface area contributed by atoms with Crippen molar-refractivity contribution in [2.24, 2.45) is 0 Å². The number of carbonyl (C=O) groups excluding carboxylic acids is 3. The number of hydrogen-bond donors (Lipinski definition) is 1. The number of para-hydroxylation sites is 1. The Morgan fingerprint density at radius 2 is 1.64 bits per heavy atom. The van der Waals surface area contributed by atoms with Gasteiger partial charge in [0, 0.05) is 11.1 Å². The Hall–Kier alpha value is -3.67. The van der Waals surface area contributed by atoms with Crippen LogP contribution in [0.25, 0.3) is 11.1 Å². The molecule has 1 N–H and O–H groups in total. The molecule has 0 bridgehead atoms. The van der Waals surface area contributed by atoms with Crippen LogP contribution in [-0.2, 0) is 9.53 Å². The number of anilines is 1. The van der Waals surface area contributed by atoms with Crippen LogP contribution in [0.3, 0.4) is 0 Å². The Bertz CT molecular complexity index is 1010. The molecule has 0 saturated carbocycles. The molecule has 0 fully saturated rings. The highest BCUT2D eigenvalue weighted by Crippen LogP contribution is 2.25. The standard InChI is InChI=1S/C22H19NO5/c1-14(24)17-10-6-7-11-19(17)23-21(25)15(2)28-22(26)20-18(12-13-27-20)16-8-4-3-5-9-16/h3-13,15H,1-2H3,(H,23,25). The molecule has 6 nitrogen and oxygen atoms in total. The van der Waals surface area contributed by atoms with E-state index in [0.29, 0.717) is 16.8 Å². The van der Waals surface area contributed by atoms with E-state index >= 15 is 0 Å². The molecular weight excluding hydrogens is 358 g/mol. The third kappa shape index (κ3) is 4.17. The fraction of sp³-hybridized carbons (Fsp3) is 0.136. The van der Waals surface area contributed by atoms with Crippen molar-refractivity contribution in [1.29, 1.82) is 0 Å². The van der Waals surface area contributed by atoms with Crippen molar-refractivity contribution in [2.45, 2.75) is 20.0 Å². The Morgan fingerprint density at radius 3 is 2.36 bits per heavy atom. The lowest BCUT2D eigenvalue weighted by molar-refractivity contribution is -0.123. The van der Waals surface area contributed by atoms with E-state index in [0.717, 1.165) is 5.56 Å². The van der Waals surface area contributed by atoms with Gasteiger partial charge in [-0.15, -0.1) is 0 Å². The molecule has 1 unspecified atom stereocenters. The largest absolute Gasteiger partial charge is 0.457 e. The predicted octanol–water partition coefficient (Wildman–Crippen LogP) is 4.33. The molecule has 3 rings (SSSR count). The summed E-state index contributed by atoms with van der Waals surface area (Å²) >= 11 is 0. The predicted molar refractivity (Wildman–Crippen MR) is 104 cm³/mol. The van der Waals surface area contributed by atoms with Crippen LogP contribution in [0.2, 0.25) is 0 Å². The van der Waals surface area contributed by atoms with Gasteiger partial charge in [-0.25, -0.2) is 4.79 Å². The first-order valence-electron chi connectivity index (χ1n) is 8.72. The molecule has 142 valence electrons. The summed E-state index contributed by atoms with van der Waals surface area (Å²) in [6.07, 6.45) is 0.313. The topological polar surface area (TPSA) is 85.6 Å². The number of rotatable bonds is 6. The van der Waals surface area contributed by atoms with Gasteiger partial charge in [0.05, 0.1) is 12.0 Å². The zero-order valence-electron chi connectivity index (χ0n) is 15.5. The average molecular weight is 377 g/mol. The summed E-state index contributed by atoms with van der Waals surface area (Å²) in [5, 5.41) is 2.62. The van der Waals surface area contributed by atoms with Gasteiger partial charge in [-0.2, -0.15) is 0 Å². The van der Waals surface area contributed by atoms with Crippen LogP contribution in [0.15, 0.2) is 71.3 Å². The van der Waals surface area contributed by atoms with Crippen LogP contribution in [0, 0.1) is 0 Å². The van der Waals surface area contributed by atoms with Crippen LogP contribution in [0.1, 0.15) is 34.8 Å². The van der Waals surface area contributed by atoms with E-state index in [2.05, 4.69) is 5.32 Å².